The van der Waals surface area contributed by atoms with Crippen LogP contribution in [-0.2, 0) is 0 Å². The summed E-state index contributed by atoms with van der Waals surface area (Å²) in [5, 5.41) is 0. The molecule has 1 aliphatic rings. The standard InChI is InChI=1S/C9H11BN2O/c10-7-2-3-8(11-6-7)9(13)12-4-1-5-12/h2-3,6H,1,4-5,10H2. The highest BCUT2D eigenvalue weighted by molar-refractivity contribution is 6.32. The van der Waals surface area contributed by atoms with E-state index < -0.39 is 0 Å². The Kier molecular flexibility index (Phi) is 2.04. The molecule has 3 nitrogen and oxygen atoms in total. The van der Waals surface area contributed by atoms with E-state index in [2.05, 4.69) is 4.98 Å². The smallest absolute Gasteiger partial charge is 0.272 e. The molecule has 66 valence electrons. The van der Waals surface area contributed by atoms with Crippen LogP contribution in [-0.4, -0.2) is 36.7 Å². The molecule has 0 N–H and O–H groups in total. The second-order valence-electron chi connectivity index (χ2n) is 3.37. The molecule has 1 aliphatic heterocycles. The first-order chi connectivity index (χ1) is 6.27. The summed E-state index contributed by atoms with van der Waals surface area (Å²) in [6.45, 7) is 1.77. The largest absolute Gasteiger partial charge is 0.337 e. The fraction of sp³-hybridized carbons (Fsp3) is 0.333. The molecular formula is C9H11BN2O. The third-order valence-electron chi connectivity index (χ3n) is 2.27. The number of pyridine rings is 1. The quantitative estimate of drug-likeness (QED) is 0.521. The van der Waals surface area contributed by atoms with Gasteiger partial charge in [0, 0.05) is 19.3 Å². The van der Waals surface area contributed by atoms with Crippen LogP contribution in [0.5, 0.6) is 0 Å². The van der Waals surface area contributed by atoms with Crippen LogP contribution in [0.25, 0.3) is 0 Å². The Hall–Kier alpha value is -1.32. The Morgan fingerprint density at radius 3 is 2.69 bits per heavy atom. The summed E-state index contributed by atoms with van der Waals surface area (Å²) >= 11 is 0. The maximum atomic E-state index is 11.6. The third kappa shape index (κ3) is 1.57. The first kappa shape index (κ1) is 8.29. The lowest BCUT2D eigenvalue weighted by Crippen LogP contribution is -2.42. The lowest BCUT2D eigenvalue weighted by atomic mass is 9.98. The fourth-order valence-electron chi connectivity index (χ4n) is 1.28. The summed E-state index contributed by atoms with van der Waals surface area (Å²) in [6.07, 6.45) is 2.85. The number of carbonyl (C=O) groups is 1. The van der Waals surface area contributed by atoms with Crippen molar-refractivity contribution in [1.82, 2.24) is 9.88 Å². The van der Waals surface area contributed by atoms with Gasteiger partial charge in [-0.2, -0.15) is 0 Å². The van der Waals surface area contributed by atoms with Crippen molar-refractivity contribution in [1.29, 1.82) is 0 Å². The molecule has 2 rings (SSSR count). The maximum absolute atomic E-state index is 11.6. The highest BCUT2D eigenvalue weighted by atomic mass is 16.2. The SMILES string of the molecule is Bc1ccc(C(=O)N2CCC2)nc1. The van der Waals surface area contributed by atoms with Gasteiger partial charge in [-0.3, -0.25) is 9.78 Å². The van der Waals surface area contributed by atoms with Crippen LogP contribution >= 0.6 is 0 Å². The number of amides is 1. The molecule has 0 bridgehead atoms. The predicted molar refractivity (Wildman–Crippen MR) is 52.9 cm³/mol. The average molecular weight is 174 g/mol. The average Bonchev–Trinajstić information content (AvgIpc) is 2.02. The number of hydrogen-bond donors (Lipinski definition) is 0. The summed E-state index contributed by atoms with van der Waals surface area (Å²) in [4.78, 5) is 17.5. The van der Waals surface area contributed by atoms with E-state index in [4.69, 9.17) is 0 Å². The van der Waals surface area contributed by atoms with E-state index in [9.17, 15) is 4.79 Å². The van der Waals surface area contributed by atoms with Crippen molar-refractivity contribution in [3.63, 3.8) is 0 Å². The Morgan fingerprint density at radius 1 is 1.46 bits per heavy atom. The van der Waals surface area contributed by atoms with Crippen LogP contribution in [0.1, 0.15) is 16.9 Å². The number of aromatic nitrogens is 1. The first-order valence-electron chi connectivity index (χ1n) is 4.49. The Labute approximate surface area is 78.2 Å². The number of hydrogen-bond acceptors (Lipinski definition) is 2. The van der Waals surface area contributed by atoms with Gasteiger partial charge < -0.3 is 4.90 Å². The summed E-state index contributed by atoms with van der Waals surface area (Å²) < 4.78 is 0. The minimum atomic E-state index is 0.0613. The number of likely N-dealkylation sites (tertiary alicyclic amines) is 1. The van der Waals surface area contributed by atoms with Gasteiger partial charge in [-0.15, -0.1) is 0 Å². The third-order valence-corrected chi connectivity index (χ3v) is 2.27. The van der Waals surface area contributed by atoms with Gasteiger partial charge >= 0.3 is 0 Å². The van der Waals surface area contributed by atoms with Crippen molar-refractivity contribution in [2.75, 3.05) is 13.1 Å². The summed E-state index contributed by atoms with van der Waals surface area (Å²) in [7, 11) is 1.96. The zero-order valence-corrected chi connectivity index (χ0v) is 7.66. The van der Waals surface area contributed by atoms with Gasteiger partial charge in [-0.05, 0) is 12.5 Å². The van der Waals surface area contributed by atoms with E-state index in [0.717, 1.165) is 25.0 Å². The summed E-state index contributed by atoms with van der Waals surface area (Å²) in [5.41, 5.74) is 1.64. The highest BCUT2D eigenvalue weighted by Crippen LogP contribution is 2.09. The molecule has 13 heavy (non-hydrogen) atoms. The molecule has 0 spiro atoms. The van der Waals surface area contributed by atoms with Crippen LogP contribution < -0.4 is 5.46 Å². The molecule has 0 unspecified atom stereocenters. The maximum Gasteiger partial charge on any atom is 0.272 e. The van der Waals surface area contributed by atoms with Crippen molar-refractivity contribution >= 4 is 19.2 Å². The van der Waals surface area contributed by atoms with E-state index >= 15 is 0 Å². The molecule has 2 heterocycles. The predicted octanol–water partition coefficient (Wildman–Crippen LogP) is -0.814. The van der Waals surface area contributed by atoms with E-state index in [-0.39, 0.29) is 5.91 Å². The lowest BCUT2D eigenvalue weighted by Gasteiger charge is -2.30. The molecule has 0 radical (unpaired) electrons. The van der Waals surface area contributed by atoms with Crippen molar-refractivity contribution in [2.24, 2.45) is 0 Å². The fourth-order valence-corrected chi connectivity index (χ4v) is 1.28. The normalized spacial score (nSPS) is 15.2. The number of nitrogens with zero attached hydrogens (tertiary/aromatic N) is 2. The minimum Gasteiger partial charge on any atom is -0.337 e. The molecule has 4 heteroatoms. The van der Waals surface area contributed by atoms with Crippen molar-refractivity contribution in [3.05, 3.63) is 24.0 Å². The summed E-state index contributed by atoms with van der Waals surface area (Å²) in [5.74, 6) is 0.0613. The van der Waals surface area contributed by atoms with Crippen LogP contribution in [0, 0.1) is 0 Å². The molecule has 1 aromatic rings. The van der Waals surface area contributed by atoms with Crippen molar-refractivity contribution in [3.8, 4) is 0 Å². The van der Waals surface area contributed by atoms with Crippen LogP contribution in [0.3, 0.4) is 0 Å². The summed E-state index contributed by atoms with van der Waals surface area (Å²) in [6, 6.07) is 3.70. The van der Waals surface area contributed by atoms with Gasteiger partial charge in [-0.25, -0.2) is 0 Å². The second kappa shape index (κ2) is 3.20. The van der Waals surface area contributed by atoms with Gasteiger partial charge in [0.1, 0.15) is 13.5 Å². The molecule has 1 amide bonds. The Balaban J connectivity index is 2.15. The van der Waals surface area contributed by atoms with Crippen LogP contribution in [0.2, 0.25) is 0 Å². The zero-order valence-electron chi connectivity index (χ0n) is 7.66. The molecule has 0 atom stereocenters. The molecule has 1 aromatic heterocycles. The molecule has 1 fully saturated rings. The molecule has 0 aliphatic carbocycles. The zero-order chi connectivity index (χ0) is 9.26. The van der Waals surface area contributed by atoms with Crippen LogP contribution in [0.4, 0.5) is 0 Å². The molecular weight excluding hydrogens is 163 g/mol. The second-order valence-corrected chi connectivity index (χ2v) is 3.37. The number of carbonyl (C=O) groups excluding carboxylic acids is 1. The van der Waals surface area contributed by atoms with Crippen molar-refractivity contribution in [2.45, 2.75) is 6.42 Å². The van der Waals surface area contributed by atoms with Gasteiger partial charge in [0.15, 0.2) is 0 Å². The minimum absolute atomic E-state index is 0.0613. The van der Waals surface area contributed by atoms with E-state index in [1.807, 2.05) is 18.8 Å². The van der Waals surface area contributed by atoms with Gasteiger partial charge in [-0.1, -0.05) is 11.5 Å². The lowest BCUT2D eigenvalue weighted by molar-refractivity contribution is 0.0646. The van der Waals surface area contributed by atoms with Crippen molar-refractivity contribution < 1.29 is 4.79 Å². The molecule has 0 saturated carbocycles. The van der Waals surface area contributed by atoms with Gasteiger partial charge in [0.2, 0.25) is 0 Å². The molecule has 0 aromatic carbocycles. The van der Waals surface area contributed by atoms with Gasteiger partial charge in [0.05, 0.1) is 0 Å². The van der Waals surface area contributed by atoms with E-state index in [0.29, 0.717) is 5.69 Å². The van der Waals surface area contributed by atoms with Gasteiger partial charge in [0.25, 0.3) is 5.91 Å². The monoisotopic (exact) mass is 174 g/mol. The highest BCUT2D eigenvalue weighted by Gasteiger charge is 2.21. The Morgan fingerprint density at radius 2 is 2.23 bits per heavy atom. The topological polar surface area (TPSA) is 33.2 Å². The van der Waals surface area contributed by atoms with E-state index in [1.54, 1.807) is 12.3 Å². The number of rotatable bonds is 1. The Bertz CT molecular complexity index is 319. The molecule has 1 saturated heterocycles. The van der Waals surface area contributed by atoms with Crippen LogP contribution in [0.15, 0.2) is 18.3 Å². The van der Waals surface area contributed by atoms with E-state index in [1.165, 1.54) is 0 Å². The first-order valence-corrected chi connectivity index (χ1v) is 4.49.